The summed E-state index contributed by atoms with van der Waals surface area (Å²) in [7, 11) is -2.16. The molecule has 0 aliphatic rings. The predicted molar refractivity (Wildman–Crippen MR) is 75.4 cm³/mol. The number of carboxylic acid groups (broad SMARTS) is 1. The Hall–Kier alpha value is -1.45. The molecular weight excluding hydrogens is 298 g/mol. The highest BCUT2D eigenvalue weighted by atomic mass is 32.2. The minimum atomic E-state index is -3.67. The van der Waals surface area contributed by atoms with Crippen molar-refractivity contribution >= 4 is 16.0 Å². The van der Waals surface area contributed by atoms with E-state index in [1.54, 1.807) is 13.8 Å². The third kappa shape index (κ3) is 4.80. The number of rotatable bonds is 9. The van der Waals surface area contributed by atoms with Crippen molar-refractivity contribution in [3.63, 3.8) is 0 Å². The van der Waals surface area contributed by atoms with Gasteiger partial charge in [0.2, 0.25) is 10.0 Å². The number of nitrogens with zero attached hydrogens (tertiary/aromatic N) is 3. The van der Waals surface area contributed by atoms with Crippen LogP contribution in [-0.4, -0.2) is 59.9 Å². The number of hydrogen-bond donors (Lipinski definition) is 1. The molecule has 0 aromatic carbocycles. The van der Waals surface area contributed by atoms with E-state index in [0.29, 0.717) is 6.61 Å². The maximum atomic E-state index is 12.5. The third-order valence-corrected chi connectivity index (χ3v) is 4.89. The molecule has 0 saturated heterocycles. The first-order valence-electron chi connectivity index (χ1n) is 6.54. The fourth-order valence-electron chi connectivity index (χ4n) is 1.78. The highest BCUT2D eigenvalue weighted by Gasteiger charge is 2.28. The van der Waals surface area contributed by atoms with Crippen molar-refractivity contribution in [1.29, 1.82) is 0 Å². The largest absolute Gasteiger partial charge is 0.481 e. The molecule has 0 aliphatic heterocycles. The van der Waals surface area contributed by atoms with Crippen LogP contribution in [0.5, 0.6) is 0 Å². The predicted octanol–water partition coefficient (Wildman–Crippen LogP) is 0.403. The van der Waals surface area contributed by atoms with Gasteiger partial charge in [-0.05, 0) is 13.8 Å². The fourth-order valence-corrected chi connectivity index (χ4v) is 3.36. The topological polar surface area (TPSA) is 102 Å². The lowest BCUT2D eigenvalue weighted by molar-refractivity contribution is -0.137. The van der Waals surface area contributed by atoms with Crippen molar-refractivity contribution in [3.05, 3.63) is 12.4 Å². The number of aromatic nitrogens is 2. The third-order valence-electron chi connectivity index (χ3n) is 2.86. The van der Waals surface area contributed by atoms with Crippen LogP contribution in [0.1, 0.15) is 20.3 Å². The number of methoxy groups -OCH3 is 1. The van der Waals surface area contributed by atoms with Gasteiger partial charge in [-0.2, -0.15) is 9.40 Å². The van der Waals surface area contributed by atoms with Gasteiger partial charge < -0.3 is 9.84 Å². The average Bonchev–Trinajstić information content (AvgIpc) is 2.85. The first-order chi connectivity index (χ1) is 9.78. The van der Waals surface area contributed by atoms with Crippen LogP contribution in [0.25, 0.3) is 0 Å². The quantitative estimate of drug-likeness (QED) is 0.707. The summed E-state index contributed by atoms with van der Waals surface area (Å²) in [5.74, 6) is -0.959. The Bertz CT molecular complexity index is 567. The first kappa shape index (κ1) is 17.6. The highest BCUT2D eigenvalue weighted by Crippen LogP contribution is 2.17. The van der Waals surface area contributed by atoms with Crippen LogP contribution in [-0.2, 0) is 26.1 Å². The molecule has 0 amide bonds. The molecule has 0 unspecified atom stereocenters. The number of hydrogen-bond acceptors (Lipinski definition) is 5. The molecule has 0 spiro atoms. The van der Waals surface area contributed by atoms with E-state index in [4.69, 9.17) is 9.84 Å². The molecule has 0 aliphatic carbocycles. The molecule has 1 rings (SSSR count). The molecule has 0 saturated carbocycles. The zero-order valence-corrected chi connectivity index (χ0v) is 13.2. The molecule has 0 bridgehead atoms. The molecule has 120 valence electrons. The smallest absolute Gasteiger partial charge is 0.305 e. The molecule has 1 heterocycles. The lowest BCUT2D eigenvalue weighted by Crippen LogP contribution is -2.39. The maximum absolute atomic E-state index is 12.5. The Labute approximate surface area is 124 Å². The van der Waals surface area contributed by atoms with E-state index in [1.165, 1.54) is 28.5 Å². The van der Waals surface area contributed by atoms with Gasteiger partial charge in [0.05, 0.1) is 25.8 Å². The van der Waals surface area contributed by atoms with Crippen molar-refractivity contribution in [3.8, 4) is 0 Å². The summed E-state index contributed by atoms with van der Waals surface area (Å²) in [6.07, 6.45) is 2.47. The van der Waals surface area contributed by atoms with Crippen LogP contribution in [0, 0.1) is 0 Å². The minimum absolute atomic E-state index is 0.0534. The van der Waals surface area contributed by atoms with Gasteiger partial charge >= 0.3 is 5.97 Å². The Balaban J connectivity index is 2.92. The number of ether oxygens (including phenoxy) is 1. The summed E-state index contributed by atoms with van der Waals surface area (Å²) in [5, 5.41) is 12.5. The average molecular weight is 319 g/mol. The summed E-state index contributed by atoms with van der Waals surface area (Å²) in [4.78, 5) is 10.6. The Morgan fingerprint density at radius 2 is 2.19 bits per heavy atom. The van der Waals surface area contributed by atoms with Crippen LogP contribution in [0.2, 0.25) is 0 Å². The number of carbonyl (C=O) groups is 1. The van der Waals surface area contributed by atoms with E-state index in [2.05, 4.69) is 5.10 Å². The summed E-state index contributed by atoms with van der Waals surface area (Å²) >= 11 is 0. The van der Waals surface area contributed by atoms with E-state index < -0.39 is 16.0 Å². The van der Waals surface area contributed by atoms with Gasteiger partial charge in [0, 0.05) is 25.9 Å². The molecule has 1 aromatic rings. The van der Waals surface area contributed by atoms with Gasteiger partial charge in [0.15, 0.2) is 0 Å². The summed E-state index contributed by atoms with van der Waals surface area (Å²) < 4.78 is 32.6. The van der Waals surface area contributed by atoms with Crippen LogP contribution >= 0.6 is 0 Å². The first-order valence-corrected chi connectivity index (χ1v) is 7.98. The van der Waals surface area contributed by atoms with E-state index in [9.17, 15) is 13.2 Å². The SMILES string of the molecule is COCCN(C(C)C)S(=O)(=O)c1cnn(CCC(=O)O)c1. The number of aliphatic carboxylic acids is 1. The molecule has 9 heteroatoms. The zero-order chi connectivity index (χ0) is 16.0. The van der Waals surface area contributed by atoms with Crippen molar-refractivity contribution in [2.24, 2.45) is 0 Å². The van der Waals surface area contributed by atoms with Crippen molar-refractivity contribution in [2.75, 3.05) is 20.3 Å². The molecule has 1 N–H and O–H groups in total. The van der Waals surface area contributed by atoms with Crippen LogP contribution in [0.3, 0.4) is 0 Å². The Morgan fingerprint density at radius 3 is 2.71 bits per heavy atom. The summed E-state index contributed by atoms with van der Waals surface area (Å²) in [6, 6.07) is -0.215. The molecule has 8 nitrogen and oxygen atoms in total. The lowest BCUT2D eigenvalue weighted by Gasteiger charge is -2.24. The number of sulfonamides is 1. The normalized spacial score (nSPS) is 12.2. The summed E-state index contributed by atoms with van der Waals surface area (Å²) in [5.41, 5.74) is 0. The lowest BCUT2D eigenvalue weighted by atomic mass is 10.4. The second-order valence-electron chi connectivity index (χ2n) is 4.79. The van der Waals surface area contributed by atoms with Gasteiger partial charge in [-0.25, -0.2) is 8.42 Å². The molecule has 0 radical (unpaired) electrons. The molecule has 1 aromatic heterocycles. The number of aryl methyl sites for hydroxylation is 1. The minimum Gasteiger partial charge on any atom is -0.481 e. The van der Waals surface area contributed by atoms with E-state index in [0.717, 1.165) is 0 Å². The second-order valence-corrected chi connectivity index (χ2v) is 6.68. The van der Waals surface area contributed by atoms with Crippen LogP contribution in [0.4, 0.5) is 0 Å². The van der Waals surface area contributed by atoms with Crippen molar-refractivity contribution in [2.45, 2.75) is 37.8 Å². The van der Waals surface area contributed by atoms with Gasteiger partial charge in [0.1, 0.15) is 4.90 Å². The van der Waals surface area contributed by atoms with E-state index >= 15 is 0 Å². The van der Waals surface area contributed by atoms with Gasteiger partial charge in [0.25, 0.3) is 0 Å². The standard InChI is InChI=1S/C12H21N3O5S/c1-10(2)15(6-7-20-3)21(18,19)11-8-13-14(9-11)5-4-12(16)17/h8-10H,4-7H2,1-3H3,(H,16,17). The fraction of sp³-hybridized carbons (Fsp3) is 0.667. The van der Waals surface area contributed by atoms with Gasteiger partial charge in [-0.15, -0.1) is 0 Å². The summed E-state index contributed by atoms with van der Waals surface area (Å²) in [6.45, 7) is 4.23. The highest BCUT2D eigenvalue weighted by molar-refractivity contribution is 7.89. The molecular formula is C12H21N3O5S. The Kier molecular flexibility index (Phi) is 6.31. The number of carboxylic acids is 1. The second kappa shape index (κ2) is 7.53. The van der Waals surface area contributed by atoms with Crippen molar-refractivity contribution in [1.82, 2.24) is 14.1 Å². The maximum Gasteiger partial charge on any atom is 0.305 e. The Morgan fingerprint density at radius 1 is 1.52 bits per heavy atom. The monoisotopic (exact) mass is 319 g/mol. The molecule has 0 atom stereocenters. The van der Waals surface area contributed by atoms with Gasteiger partial charge in [-0.1, -0.05) is 0 Å². The van der Waals surface area contributed by atoms with Gasteiger partial charge in [-0.3, -0.25) is 9.48 Å². The van der Waals surface area contributed by atoms with Crippen LogP contribution < -0.4 is 0 Å². The van der Waals surface area contributed by atoms with E-state index in [1.807, 2.05) is 0 Å². The molecule has 0 fully saturated rings. The zero-order valence-electron chi connectivity index (χ0n) is 12.4. The van der Waals surface area contributed by atoms with E-state index in [-0.39, 0.29) is 30.4 Å². The van der Waals surface area contributed by atoms with Crippen molar-refractivity contribution < 1.29 is 23.1 Å². The van der Waals surface area contributed by atoms with Crippen LogP contribution in [0.15, 0.2) is 17.3 Å². The molecule has 21 heavy (non-hydrogen) atoms.